The van der Waals surface area contributed by atoms with Gasteiger partial charge in [-0.2, -0.15) is 0 Å². The number of methoxy groups -OCH3 is 1. The summed E-state index contributed by atoms with van der Waals surface area (Å²) in [6.07, 6.45) is 24.3. The largest absolute Gasteiger partial charge is 0.469 e. The van der Waals surface area contributed by atoms with E-state index in [2.05, 4.69) is 29.9 Å². The number of rotatable bonds is 14. The van der Waals surface area contributed by atoms with Crippen LogP contribution in [0.5, 0.6) is 0 Å². The van der Waals surface area contributed by atoms with Crippen molar-refractivity contribution in [2.75, 3.05) is 7.11 Å². The summed E-state index contributed by atoms with van der Waals surface area (Å²) in [6.45, 7) is 2.22. The molecular weight excluding hydrogens is 300 g/mol. The Labute approximate surface area is 147 Å². The molecule has 24 heavy (non-hydrogen) atoms. The van der Waals surface area contributed by atoms with E-state index < -0.39 is 6.10 Å². The van der Waals surface area contributed by atoms with Crippen molar-refractivity contribution < 1.29 is 14.6 Å². The molecule has 1 N–H and O–H groups in total. The first kappa shape index (κ1) is 22.4. The van der Waals surface area contributed by atoms with Gasteiger partial charge in [0.25, 0.3) is 0 Å². The molecule has 0 bridgehead atoms. The van der Waals surface area contributed by atoms with Crippen LogP contribution < -0.4 is 0 Å². The topological polar surface area (TPSA) is 46.5 Å². The molecule has 0 aromatic carbocycles. The fourth-order valence-corrected chi connectivity index (χ4v) is 2.05. The van der Waals surface area contributed by atoms with Crippen molar-refractivity contribution in [3.63, 3.8) is 0 Å². The predicted molar refractivity (Wildman–Crippen MR) is 102 cm³/mol. The van der Waals surface area contributed by atoms with Crippen LogP contribution in [-0.4, -0.2) is 24.3 Å². The van der Waals surface area contributed by atoms with Crippen molar-refractivity contribution in [3.05, 3.63) is 48.6 Å². The molecular formula is C21H34O3. The quantitative estimate of drug-likeness (QED) is 0.203. The second-order valence-electron chi connectivity index (χ2n) is 5.76. The number of allylic oxidation sites excluding steroid dienone is 6. The van der Waals surface area contributed by atoms with Crippen molar-refractivity contribution >= 4 is 5.97 Å². The lowest BCUT2D eigenvalue weighted by atomic mass is 10.2. The monoisotopic (exact) mass is 334 g/mol. The summed E-state index contributed by atoms with van der Waals surface area (Å²) in [6, 6.07) is 0. The molecule has 3 nitrogen and oxygen atoms in total. The second-order valence-corrected chi connectivity index (χ2v) is 5.76. The summed E-state index contributed by atoms with van der Waals surface area (Å²) in [5.41, 5.74) is 0. The van der Waals surface area contributed by atoms with Crippen LogP contribution in [0.1, 0.15) is 64.7 Å². The Hall–Kier alpha value is -1.61. The van der Waals surface area contributed by atoms with Gasteiger partial charge in [-0.3, -0.25) is 4.79 Å². The molecule has 0 rings (SSSR count). The summed E-state index contributed by atoms with van der Waals surface area (Å²) in [4.78, 5) is 10.9. The lowest BCUT2D eigenvalue weighted by Gasteiger charge is -1.99. The van der Waals surface area contributed by atoms with Gasteiger partial charge in [-0.05, 0) is 38.5 Å². The number of carbonyl (C=O) groups is 1. The zero-order chi connectivity index (χ0) is 17.9. The van der Waals surface area contributed by atoms with Gasteiger partial charge in [-0.25, -0.2) is 0 Å². The van der Waals surface area contributed by atoms with Gasteiger partial charge in [0.05, 0.1) is 13.2 Å². The van der Waals surface area contributed by atoms with Crippen LogP contribution in [0.15, 0.2) is 48.6 Å². The summed E-state index contributed by atoms with van der Waals surface area (Å²) in [5, 5.41) is 9.81. The maximum atomic E-state index is 10.9. The summed E-state index contributed by atoms with van der Waals surface area (Å²) in [7, 11) is 1.40. The first-order valence-corrected chi connectivity index (χ1v) is 9.08. The SMILES string of the molecule is CCCCC/C=C/C/C=C/C[C@@H](O)/C=C/C=C/CCCC(=O)OC. The van der Waals surface area contributed by atoms with E-state index in [0.29, 0.717) is 12.8 Å². The van der Waals surface area contributed by atoms with E-state index in [-0.39, 0.29) is 5.97 Å². The van der Waals surface area contributed by atoms with Gasteiger partial charge in [-0.15, -0.1) is 0 Å². The summed E-state index contributed by atoms with van der Waals surface area (Å²) >= 11 is 0. The minimum Gasteiger partial charge on any atom is -0.469 e. The van der Waals surface area contributed by atoms with Crippen molar-refractivity contribution in [2.45, 2.75) is 70.8 Å². The van der Waals surface area contributed by atoms with Gasteiger partial charge in [0.15, 0.2) is 0 Å². The number of esters is 1. The number of aliphatic hydroxyl groups excluding tert-OH is 1. The van der Waals surface area contributed by atoms with Crippen LogP contribution in [0.2, 0.25) is 0 Å². The maximum Gasteiger partial charge on any atom is 0.305 e. The molecule has 0 spiro atoms. The first-order valence-electron chi connectivity index (χ1n) is 9.08. The number of hydrogen-bond acceptors (Lipinski definition) is 3. The van der Waals surface area contributed by atoms with E-state index >= 15 is 0 Å². The number of unbranched alkanes of at least 4 members (excludes halogenated alkanes) is 4. The average Bonchev–Trinajstić information content (AvgIpc) is 2.59. The molecule has 0 aliphatic carbocycles. The highest BCUT2D eigenvalue weighted by molar-refractivity contribution is 5.69. The molecule has 136 valence electrons. The van der Waals surface area contributed by atoms with Gasteiger partial charge in [0.1, 0.15) is 0 Å². The third kappa shape index (κ3) is 16.8. The van der Waals surface area contributed by atoms with E-state index in [0.717, 1.165) is 19.3 Å². The van der Waals surface area contributed by atoms with Gasteiger partial charge in [-0.1, -0.05) is 68.4 Å². The van der Waals surface area contributed by atoms with Crippen molar-refractivity contribution in [1.82, 2.24) is 0 Å². The molecule has 0 saturated carbocycles. The van der Waals surface area contributed by atoms with Crippen LogP contribution in [0.4, 0.5) is 0 Å². The lowest BCUT2D eigenvalue weighted by molar-refractivity contribution is -0.140. The third-order valence-electron chi connectivity index (χ3n) is 3.52. The van der Waals surface area contributed by atoms with Crippen molar-refractivity contribution in [1.29, 1.82) is 0 Å². The predicted octanol–water partition coefficient (Wildman–Crippen LogP) is 5.28. The fourth-order valence-electron chi connectivity index (χ4n) is 2.05. The molecule has 0 aromatic heterocycles. The maximum absolute atomic E-state index is 10.9. The van der Waals surface area contributed by atoms with E-state index in [1.54, 1.807) is 6.08 Å². The summed E-state index contributed by atoms with van der Waals surface area (Å²) < 4.78 is 4.57. The molecule has 1 atom stereocenters. The molecule has 0 saturated heterocycles. The molecule has 3 heteroatoms. The van der Waals surface area contributed by atoms with Crippen LogP contribution in [-0.2, 0) is 9.53 Å². The Morgan fingerprint density at radius 2 is 1.75 bits per heavy atom. The summed E-state index contributed by atoms with van der Waals surface area (Å²) in [5.74, 6) is -0.169. The second kappa shape index (κ2) is 17.7. The van der Waals surface area contributed by atoms with E-state index in [1.165, 1.54) is 32.8 Å². The van der Waals surface area contributed by atoms with Gasteiger partial charge in [0, 0.05) is 6.42 Å². The molecule has 0 heterocycles. The van der Waals surface area contributed by atoms with E-state index in [9.17, 15) is 9.90 Å². The van der Waals surface area contributed by atoms with Crippen LogP contribution in [0.3, 0.4) is 0 Å². The van der Waals surface area contributed by atoms with Gasteiger partial charge >= 0.3 is 5.97 Å². The Morgan fingerprint density at radius 3 is 2.50 bits per heavy atom. The number of carbonyl (C=O) groups excluding carboxylic acids is 1. The Balaban J connectivity index is 3.64. The molecule has 0 fully saturated rings. The van der Waals surface area contributed by atoms with Crippen LogP contribution in [0.25, 0.3) is 0 Å². The Morgan fingerprint density at radius 1 is 1.00 bits per heavy atom. The zero-order valence-corrected chi connectivity index (χ0v) is 15.3. The number of aliphatic hydroxyl groups is 1. The standard InChI is InChI=1S/C21H34O3/c1-3-4-5-6-7-8-9-11-14-17-20(22)18-15-12-10-13-16-19-21(23)24-2/h7-8,10-12,14-15,18,20,22H,3-6,9,13,16-17,19H2,1-2H3/b8-7+,12-10+,14-11+,18-15+/t20-/m1/s1. The highest BCUT2D eigenvalue weighted by atomic mass is 16.5. The molecule has 0 aliphatic heterocycles. The fraction of sp³-hybridized carbons (Fsp3) is 0.571. The minimum atomic E-state index is -0.450. The first-order chi connectivity index (χ1) is 11.7. The highest BCUT2D eigenvalue weighted by Crippen LogP contribution is 2.02. The lowest BCUT2D eigenvalue weighted by Crippen LogP contribution is -1.98. The van der Waals surface area contributed by atoms with Crippen molar-refractivity contribution in [3.8, 4) is 0 Å². The van der Waals surface area contributed by atoms with Gasteiger partial charge < -0.3 is 9.84 Å². The Bertz CT molecular complexity index is 405. The smallest absolute Gasteiger partial charge is 0.305 e. The normalized spacial score (nSPS) is 13.6. The Kier molecular flexibility index (Phi) is 16.5. The van der Waals surface area contributed by atoms with Crippen molar-refractivity contribution in [2.24, 2.45) is 0 Å². The molecule has 0 unspecified atom stereocenters. The molecule has 0 aromatic rings. The average molecular weight is 335 g/mol. The van der Waals surface area contributed by atoms with Crippen LogP contribution in [0, 0.1) is 0 Å². The van der Waals surface area contributed by atoms with E-state index in [4.69, 9.17) is 0 Å². The number of ether oxygens (including phenoxy) is 1. The van der Waals surface area contributed by atoms with Crippen LogP contribution >= 0.6 is 0 Å². The number of hydrogen-bond donors (Lipinski definition) is 1. The van der Waals surface area contributed by atoms with E-state index in [1.807, 2.05) is 24.3 Å². The zero-order valence-electron chi connectivity index (χ0n) is 15.3. The minimum absolute atomic E-state index is 0.169. The third-order valence-corrected chi connectivity index (χ3v) is 3.52. The highest BCUT2D eigenvalue weighted by Gasteiger charge is 1.96. The molecule has 0 amide bonds. The molecule has 0 aliphatic rings. The van der Waals surface area contributed by atoms with Gasteiger partial charge in [0.2, 0.25) is 0 Å². The molecule has 0 radical (unpaired) electrons.